The lowest BCUT2D eigenvalue weighted by molar-refractivity contribution is -0.140. The third kappa shape index (κ3) is 3.37. The van der Waals surface area contributed by atoms with Gasteiger partial charge in [-0.2, -0.15) is 0 Å². The molecule has 1 saturated heterocycles. The van der Waals surface area contributed by atoms with Crippen LogP contribution in [0, 0.1) is 5.92 Å². The van der Waals surface area contributed by atoms with E-state index in [1.807, 2.05) is 29.2 Å². The molecular formula is C27H31N3O4. The molecule has 0 unspecified atom stereocenters. The van der Waals surface area contributed by atoms with Gasteiger partial charge in [0.25, 0.3) is 0 Å². The van der Waals surface area contributed by atoms with Gasteiger partial charge >= 0.3 is 0 Å². The first-order chi connectivity index (χ1) is 16.5. The zero-order chi connectivity index (χ0) is 23.4. The largest absolute Gasteiger partial charge is 0.497 e. The van der Waals surface area contributed by atoms with Crippen LogP contribution in [0.1, 0.15) is 35.7 Å². The van der Waals surface area contributed by atoms with Crippen LogP contribution in [0.4, 0.5) is 0 Å². The Labute approximate surface area is 199 Å². The van der Waals surface area contributed by atoms with E-state index in [1.165, 1.54) is 11.1 Å². The first-order valence-corrected chi connectivity index (χ1v) is 12.0. The van der Waals surface area contributed by atoms with E-state index in [0.717, 1.165) is 60.6 Å². The van der Waals surface area contributed by atoms with E-state index >= 15 is 0 Å². The van der Waals surface area contributed by atoms with Gasteiger partial charge in [0.15, 0.2) is 0 Å². The third-order valence-corrected chi connectivity index (χ3v) is 7.72. The van der Waals surface area contributed by atoms with Gasteiger partial charge < -0.3 is 24.5 Å². The standard InChI is InChI=1S/C27H31N3O4/c1-33-19-5-3-4-17(10-19)12-29-14-27(15-29)16-30(26(32)18-6-7-18)23(13-31)25-24(27)21-9-8-20(34-2)11-22(21)28-25/h3-5,8-11,18,23,28,31H,6-7,12-16H2,1-2H3/t23-/m1/s1. The molecule has 0 bridgehead atoms. The van der Waals surface area contributed by atoms with Gasteiger partial charge in [-0.05, 0) is 48.2 Å². The molecule has 34 heavy (non-hydrogen) atoms. The molecule has 2 aliphatic heterocycles. The molecule has 2 N–H and O–H groups in total. The van der Waals surface area contributed by atoms with Crippen LogP contribution in [0.5, 0.6) is 11.5 Å². The van der Waals surface area contributed by atoms with Crippen LogP contribution < -0.4 is 9.47 Å². The summed E-state index contributed by atoms with van der Waals surface area (Å²) in [6.07, 6.45) is 1.92. The summed E-state index contributed by atoms with van der Waals surface area (Å²) in [5.74, 6) is 1.96. The van der Waals surface area contributed by atoms with Crippen molar-refractivity contribution in [3.8, 4) is 11.5 Å². The Morgan fingerprint density at radius 3 is 2.56 bits per heavy atom. The Balaban J connectivity index is 1.37. The Bertz CT molecular complexity index is 1240. The highest BCUT2D eigenvalue weighted by Crippen LogP contribution is 2.50. The monoisotopic (exact) mass is 461 g/mol. The number of fused-ring (bicyclic) bond motifs is 4. The number of rotatable bonds is 6. The molecule has 2 fully saturated rings. The lowest BCUT2D eigenvalue weighted by atomic mass is 9.68. The van der Waals surface area contributed by atoms with Crippen molar-refractivity contribution in [3.63, 3.8) is 0 Å². The molecule has 3 heterocycles. The van der Waals surface area contributed by atoms with E-state index < -0.39 is 0 Å². The number of carbonyl (C=O) groups is 1. The highest BCUT2D eigenvalue weighted by Gasteiger charge is 2.54. The highest BCUT2D eigenvalue weighted by molar-refractivity contribution is 5.89. The Kier molecular flexibility index (Phi) is 5.08. The Morgan fingerprint density at radius 2 is 1.85 bits per heavy atom. The number of hydrogen-bond donors (Lipinski definition) is 2. The molecule has 1 saturated carbocycles. The SMILES string of the molecule is COc1cccc(CN2CC3(C2)CN(C(=O)C2CC2)[C@H](CO)c2[nH]c4cc(OC)ccc4c23)c1. The van der Waals surface area contributed by atoms with E-state index in [1.54, 1.807) is 14.2 Å². The van der Waals surface area contributed by atoms with E-state index in [-0.39, 0.29) is 29.9 Å². The molecule has 1 aliphatic carbocycles. The Hall–Kier alpha value is -3.03. The number of nitrogens with one attached hydrogen (secondary N) is 1. The van der Waals surface area contributed by atoms with E-state index in [4.69, 9.17) is 9.47 Å². The molecule has 178 valence electrons. The van der Waals surface area contributed by atoms with Crippen molar-refractivity contribution in [1.82, 2.24) is 14.8 Å². The highest BCUT2D eigenvalue weighted by atomic mass is 16.5. The average molecular weight is 462 g/mol. The van der Waals surface area contributed by atoms with Crippen LogP contribution in [-0.4, -0.2) is 66.3 Å². The first-order valence-electron chi connectivity index (χ1n) is 12.0. The summed E-state index contributed by atoms with van der Waals surface area (Å²) in [6.45, 7) is 3.13. The summed E-state index contributed by atoms with van der Waals surface area (Å²) in [6, 6.07) is 14.0. The number of carbonyl (C=O) groups excluding carboxylic acids is 1. The number of hydrogen-bond acceptors (Lipinski definition) is 5. The van der Waals surface area contributed by atoms with Crippen LogP contribution in [0.25, 0.3) is 10.9 Å². The molecule has 7 heteroatoms. The number of aromatic nitrogens is 1. The third-order valence-electron chi connectivity index (χ3n) is 7.72. The Morgan fingerprint density at radius 1 is 1.09 bits per heavy atom. The lowest BCUT2D eigenvalue weighted by Gasteiger charge is -2.56. The van der Waals surface area contributed by atoms with Gasteiger partial charge in [-0.25, -0.2) is 0 Å². The zero-order valence-electron chi connectivity index (χ0n) is 19.7. The number of amides is 1. The normalized spacial score (nSPS) is 21.4. The van der Waals surface area contributed by atoms with Crippen molar-refractivity contribution < 1.29 is 19.4 Å². The fourth-order valence-electron chi connectivity index (χ4n) is 6.01. The lowest BCUT2D eigenvalue weighted by Crippen LogP contribution is -2.66. The summed E-state index contributed by atoms with van der Waals surface area (Å²) in [7, 11) is 3.36. The minimum Gasteiger partial charge on any atom is -0.497 e. The number of likely N-dealkylation sites (tertiary alicyclic amines) is 1. The van der Waals surface area contributed by atoms with Crippen LogP contribution in [0.15, 0.2) is 42.5 Å². The van der Waals surface area contributed by atoms with Gasteiger partial charge in [0.1, 0.15) is 11.5 Å². The second-order valence-electron chi connectivity index (χ2n) is 10.0. The minimum atomic E-state index is -0.334. The number of aliphatic hydroxyl groups is 1. The number of ether oxygens (including phenoxy) is 2. The number of aromatic amines is 1. The van der Waals surface area contributed by atoms with Crippen molar-refractivity contribution in [2.45, 2.75) is 30.8 Å². The number of aliphatic hydroxyl groups excluding tert-OH is 1. The van der Waals surface area contributed by atoms with Crippen LogP contribution in [0.2, 0.25) is 0 Å². The second kappa shape index (κ2) is 8.03. The van der Waals surface area contributed by atoms with Crippen molar-refractivity contribution >= 4 is 16.8 Å². The summed E-state index contributed by atoms with van der Waals surface area (Å²) >= 11 is 0. The molecular weight excluding hydrogens is 430 g/mol. The molecule has 3 aromatic rings. The van der Waals surface area contributed by atoms with Crippen LogP contribution in [-0.2, 0) is 16.8 Å². The van der Waals surface area contributed by atoms with Gasteiger partial charge in [-0.3, -0.25) is 9.69 Å². The molecule has 3 aliphatic rings. The van der Waals surface area contributed by atoms with Gasteiger partial charge in [0.2, 0.25) is 5.91 Å². The van der Waals surface area contributed by atoms with Crippen molar-refractivity contribution in [2.75, 3.05) is 40.5 Å². The molecule has 1 aromatic heterocycles. The number of methoxy groups -OCH3 is 2. The molecule has 1 atom stereocenters. The molecule has 1 amide bonds. The first kappa shape index (κ1) is 21.5. The molecule has 1 spiro atoms. The van der Waals surface area contributed by atoms with Crippen molar-refractivity contribution in [1.29, 1.82) is 0 Å². The number of nitrogens with zero attached hydrogens (tertiary/aromatic N) is 2. The maximum Gasteiger partial charge on any atom is 0.226 e. The maximum atomic E-state index is 13.3. The predicted molar refractivity (Wildman–Crippen MR) is 129 cm³/mol. The zero-order valence-corrected chi connectivity index (χ0v) is 19.7. The molecule has 0 radical (unpaired) electrons. The van der Waals surface area contributed by atoms with Gasteiger partial charge in [-0.1, -0.05) is 12.1 Å². The van der Waals surface area contributed by atoms with Crippen LogP contribution in [0.3, 0.4) is 0 Å². The van der Waals surface area contributed by atoms with Crippen molar-refractivity contribution in [2.24, 2.45) is 5.92 Å². The van der Waals surface area contributed by atoms with Crippen LogP contribution >= 0.6 is 0 Å². The van der Waals surface area contributed by atoms with Gasteiger partial charge in [0.05, 0.1) is 26.9 Å². The average Bonchev–Trinajstić information content (AvgIpc) is 3.62. The molecule has 6 rings (SSSR count). The molecule has 7 nitrogen and oxygen atoms in total. The summed E-state index contributed by atoms with van der Waals surface area (Å²) in [5, 5.41) is 11.5. The maximum absolute atomic E-state index is 13.3. The quantitative estimate of drug-likeness (QED) is 0.589. The van der Waals surface area contributed by atoms with E-state index in [2.05, 4.69) is 28.1 Å². The van der Waals surface area contributed by atoms with Gasteiger partial charge in [0, 0.05) is 60.2 Å². The van der Waals surface area contributed by atoms with Crippen molar-refractivity contribution in [3.05, 3.63) is 59.3 Å². The summed E-state index contributed by atoms with van der Waals surface area (Å²) < 4.78 is 10.8. The summed E-state index contributed by atoms with van der Waals surface area (Å²) in [4.78, 5) is 21.2. The minimum absolute atomic E-state index is 0.0843. The fourth-order valence-corrected chi connectivity index (χ4v) is 6.01. The topological polar surface area (TPSA) is 78.0 Å². The predicted octanol–water partition coefficient (Wildman–Crippen LogP) is 3.22. The smallest absolute Gasteiger partial charge is 0.226 e. The van der Waals surface area contributed by atoms with E-state index in [0.29, 0.717) is 6.54 Å². The summed E-state index contributed by atoms with van der Waals surface area (Å²) in [5.41, 5.74) is 4.29. The fraction of sp³-hybridized carbons (Fsp3) is 0.444. The number of benzene rings is 2. The second-order valence-corrected chi connectivity index (χ2v) is 10.0. The van der Waals surface area contributed by atoms with E-state index in [9.17, 15) is 9.90 Å². The van der Waals surface area contributed by atoms with Gasteiger partial charge in [-0.15, -0.1) is 0 Å². The molecule has 2 aromatic carbocycles. The number of H-pyrrole nitrogens is 1.